The van der Waals surface area contributed by atoms with Crippen LogP contribution >= 0.6 is 23.7 Å². The lowest BCUT2D eigenvalue weighted by Crippen LogP contribution is -2.46. The molecule has 3 N–H and O–H groups in total. The summed E-state index contributed by atoms with van der Waals surface area (Å²) in [5.74, 6) is -0.246. The molecule has 0 saturated carbocycles. The Labute approximate surface area is 164 Å². The minimum Gasteiger partial charge on any atom is -0.355 e. The summed E-state index contributed by atoms with van der Waals surface area (Å²) in [5.41, 5.74) is 6.13. The fourth-order valence-corrected chi connectivity index (χ4v) is 4.12. The van der Waals surface area contributed by atoms with Crippen LogP contribution in [-0.4, -0.2) is 48.7 Å². The summed E-state index contributed by atoms with van der Waals surface area (Å²) < 4.78 is 0. The summed E-state index contributed by atoms with van der Waals surface area (Å²) in [6, 6.07) is 1.89. The summed E-state index contributed by atoms with van der Waals surface area (Å²) in [5, 5.41) is 2.79. The minimum atomic E-state index is -0.179. The van der Waals surface area contributed by atoms with Crippen LogP contribution in [0.5, 0.6) is 0 Å². The van der Waals surface area contributed by atoms with Crippen LogP contribution in [0.4, 0.5) is 0 Å². The first-order chi connectivity index (χ1) is 11.9. The number of aryl methyl sites for hydroxylation is 2. The van der Waals surface area contributed by atoms with Gasteiger partial charge in [0, 0.05) is 54.3 Å². The van der Waals surface area contributed by atoms with Gasteiger partial charge in [-0.05, 0) is 32.8 Å². The highest BCUT2D eigenvalue weighted by atomic mass is 35.5. The maximum absolute atomic E-state index is 12.4. The number of amides is 2. The Balaban J connectivity index is 0.00000338. The molecule has 1 saturated heterocycles. The second kappa shape index (κ2) is 10.6. The highest BCUT2D eigenvalue weighted by Gasteiger charge is 2.28. The first kappa shape index (κ1) is 22.6. The van der Waals surface area contributed by atoms with E-state index >= 15 is 0 Å². The van der Waals surface area contributed by atoms with Gasteiger partial charge in [0.2, 0.25) is 11.8 Å². The molecule has 146 valence electrons. The Morgan fingerprint density at radius 3 is 2.65 bits per heavy atom. The maximum Gasteiger partial charge on any atom is 0.224 e. The predicted molar refractivity (Wildman–Crippen MR) is 106 cm³/mol. The van der Waals surface area contributed by atoms with Crippen molar-refractivity contribution in [1.29, 1.82) is 0 Å². The van der Waals surface area contributed by atoms with Crippen LogP contribution in [0.1, 0.15) is 45.8 Å². The van der Waals surface area contributed by atoms with E-state index in [9.17, 15) is 14.4 Å². The third-order valence-electron chi connectivity index (χ3n) is 4.50. The lowest BCUT2D eigenvalue weighted by molar-refractivity contribution is -0.135. The van der Waals surface area contributed by atoms with Crippen molar-refractivity contribution in [1.82, 2.24) is 10.2 Å². The van der Waals surface area contributed by atoms with E-state index in [2.05, 4.69) is 5.32 Å². The predicted octanol–water partition coefficient (Wildman–Crippen LogP) is 2.06. The number of Topliss-reactive ketones (excluding diaryl/α,β-unsaturated/α-hetero) is 1. The molecular formula is C18H28ClN3O3S. The molecule has 1 aromatic rings. The number of halogens is 1. The van der Waals surface area contributed by atoms with Gasteiger partial charge in [-0.2, -0.15) is 0 Å². The fraction of sp³-hybridized carbons (Fsp3) is 0.611. The Morgan fingerprint density at radius 1 is 1.31 bits per heavy atom. The number of nitrogens with one attached hydrogen (secondary N) is 1. The van der Waals surface area contributed by atoms with E-state index in [1.165, 1.54) is 0 Å². The van der Waals surface area contributed by atoms with Crippen molar-refractivity contribution in [3.05, 3.63) is 21.4 Å². The molecule has 1 atom stereocenters. The van der Waals surface area contributed by atoms with Crippen LogP contribution in [0.15, 0.2) is 6.07 Å². The normalized spacial score (nSPS) is 16.7. The summed E-state index contributed by atoms with van der Waals surface area (Å²) in [4.78, 5) is 40.6. The molecule has 2 amide bonds. The first-order valence-electron chi connectivity index (χ1n) is 8.78. The fourth-order valence-electron chi connectivity index (χ4n) is 3.18. The minimum absolute atomic E-state index is 0. The summed E-state index contributed by atoms with van der Waals surface area (Å²) in [7, 11) is 0. The van der Waals surface area contributed by atoms with E-state index in [0.29, 0.717) is 26.2 Å². The molecule has 0 spiro atoms. The standard InChI is InChI=1S/C18H27N3O3S.ClH/c1-12-10-15(13(2)25-12)16(22)5-6-17(23)21-9-3-4-14(11-21)18(24)20-8-7-19;/h10,14H,3-9,11,19H2,1-2H3,(H,20,24);1H. The van der Waals surface area contributed by atoms with E-state index in [1.54, 1.807) is 16.2 Å². The molecule has 1 aliphatic rings. The lowest BCUT2D eigenvalue weighted by Gasteiger charge is -2.32. The number of hydrogen-bond acceptors (Lipinski definition) is 5. The van der Waals surface area contributed by atoms with Gasteiger partial charge in [0.1, 0.15) is 0 Å². The molecular weight excluding hydrogens is 374 g/mol. The Bertz CT molecular complexity index is 648. The van der Waals surface area contributed by atoms with Crippen molar-refractivity contribution in [3.63, 3.8) is 0 Å². The Kier molecular flexibility index (Phi) is 9.25. The van der Waals surface area contributed by atoms with Gasteiger partial charge in [-0.15, -0.1) is 23.7 Å². The number of ketones is 1. The molecule has 1 aromatic heterocycles. The van der Waals surface area contributed by atoms with Crippen LogP contribution in [0.25, 0.3) is 0 Å². The second-order valence-electron chi connectivity index (χ2n) is 6.51. The smallest absolute Gasteiger partial charge is 0.224 e. The number of piperidine rings is 1. The summed E-state index contributed by atoms with van der Waals surface area (Å²) in [6.07, 6.45) is 2.01. The molecule has 1 aliphatic heterocycles. The van der Waals surface area contributed by atoms with Gasteiger partial charge in [-0.1, -0.05) is 0 Å². The van der Waals surface area contributed by atoms with Crippen LogP contribution in [-0.2, 0) is 9.59 Å². The molecule has 0 aliphatic carbocycles. The molecule has 0 radical (unpaired) electrons. The average molecular weight is 402 g/mol. The largest absolute Gasteiger partial charge is 0.355 e. The first-order valence-corrected chi connectivity index (χ1v) is 9.59. The molecule has 8 heteroatoms. The number of carbonyl (C=O) groups excluding carboxylic acids is 3. The van der Waals surface area contributed by atoms with E-state index in [0.717, 1.165) is 28.2 Å². The van der Waals surface area contributed by atoms with Crippen molar-refractivity contribution in [2.45, 2.75) is 39.5 Å². The zero-order valence-corrected chi connectivity index (χ0v) is 17.0. The number of nitrogens with two attached hydrogens (primary N) is 1. The zero-order valence-electron chi connectivity index (χ0n) is 15.4. The zero-order chi connectivity index (χ0) is 18.4. The molecule has 0 aromatic carbocycles. The van der Waals surface area contributed by atoms with Gasteiger partial charge in [0.25, 0.3) is 0 Å². The highest BCUT2D eigenvalue weighted by Crippen LogP contribution is 2.23. The van der Waals surface area contributed by atoms with Gasteiger partial charge in [-0.3, -0.25) is 14.4 Å². The molecule has 1 fully saturated rings. The molecule has 2 rings (SSSR count). The molecule has 2 heterocycles. The highest BCUT2D eigenvalue weighted by molar-refractivity contribution is 7.12. The van der Waals surface area contributed by atoms with E-state index in [-0.39, 0.29) is 48.8 Å². The third kappa shape index (κ3) is 6.07. The van der Waals surface area contributed by atoms with Gasteiger partial charge in [-0.25, -0.2) is 0 Å². The number of thiophene rings is 1. The van der Waals surface area contributed by atoms with Crippen molar-refractivity contribution in [3.8, 4) is 0 Å². The molecule has 6 nitrogen and oxygen atoms in total. The lowest BCUT2D eigenvalue weighted by atomic mass is 9.96. The van der Waals surface area contributed by atoms with Crippen LogP contribution in [0.3, 0.4) is 0 Å². The quantitative estimate of drug-likeness (QED) is 0.684. The number of hydrogen-bond donors (Lipinski definition) is 2. The Hall–Kier alpha value is -1.44. The maximum atomic E-state index is 12.4. The monoisotopic (exact) mass is 401 g/mol. The van der Waals surface area contributed by atoms with E-state index < -0.39 is 0 Å². The van der Waals surface area contributed by atoms with Crippen LogP contribution < -0.4 is 11.1 Å². The number of carbonyl (C=O) groups is 3. The van der Waals surface area contributed by atoms with Crippen LogP contribution in [0.2, 0.25) is 0 Å². The topological polar surface area (TPSA) is 92.5 Å². The van der Waals surface area contributed by atoms with Gasteiger partial charge >= 0.3 is 0 Å². The molecule has 1 unspecified atom stereocenters. The van der Waals surface area contributed by atoms with E-state index in [1.807, 2.05) is 19.9 Å². The molecule has 26 heavy (non-hydrogen) atoms. The van der Waals surface area contributed by atoms with Crippen molar-refractivity contribution in [2.75, 3.05) is 26.2 Å². The SMILES string of the molecule is Cc1cc(C(=O)CCC(=O)N2CCCC(C(=O)NCCN)C2)c(C)s1.Cl. The third-order valence-corrected chi connectivity index (χ3v) is 5.46. The second-order valence-corrected chi connectivity index (χ2v) is 7.97. The summed E-state index contributed by atoms with van der Waals surface area (Å²) >= 11 is 1.60. The Morgan fingerprint density at radius 2 is 2.04 bits per heavy atom. The average Bonchev–Trinajstić information content (AvgIpc) is 2.95. The number of nitrogens with zero attached hydrogens (tertiary/aromatic N) is 1. The van der Waals surface area contributed by atoms with Crippen LogP contribution in [0, 0.1) is 19.8 Å². The number of rotatable bonds is 7. The van der Waals surface area contributed by atoms with Gasteiger partial charge < -0.3 is 16.0 Å². The van der Waals surface area contributed by atoms with Gasteiger partial charge in [0.15, 0.2) is 5.78 Å². The van der Waals surface area contributed by atoms with Crippen molar-refractivity contribution in [2.24, 2.45) is 11.7 Å². The van der Waals surface area contributed by atoms with Crippen molar-refractivity contribution < 1.29 is 14.4 Å². The molecule has 0 bridgehead atoms. The number of likely N-dealkylation sites (tertiary alicyclic amines) is 1. The van der Waals surface area contributed by atoms with E-state index in [4.69, 9.17) is 5.73 Å². The van der Waals surface area contributed by atoms with Gasteiger partial charge in [0.05, 0.1) is 5.92 Å². The van der Waals surface area contributed by atoms with Crippen molar-refractivity contribution >= 4 is 41.3 Å². The summed E-state index contributed by atoms with van der Waals surface area (Å²) in [6.45, 7) is 5.86.